The van der Waals surface area contributed by atoms with Gasteiger partial charge in [0, 0.05) is 23.9 Å². The average molecular weight is 746 g/mol. The Kier molecular flexibility index (Phi) is 13.3. The number of nitrogens with two attached hydrogens (primary N) is 2. The summed E-state index contributed by atoms with van der Waals surface area (Å²) in [6.45, 7) is 13.2. The Labute approximate surface area is 312 Å². The maximum absolute atomic E-state index is 14.1. The smallest absolute Gasteiger partial charge is 0.287 e. The van der Waals surface area contributed by atoms with Crippen molar-refractivity contribution in [3.05, 3.63) is 77.1 Å². The van der Waals surface area contributed by atoms with Crippen LogP contribution in [0.25, 0.3) is 28.5 Å². The largest absolute Gasteiger partial charge is 0.508 e. The first-order valence-electron chi connectivity index (χ1n) is 17.7. The van der Waals surface area contributed by atoms with E-state index >= 15 is 0 Å². The number of hydrogen-bond donors (Lipinski definition) is 6. The Morgan fingerprint density at radius 1 is 0.778 bits per heavy atom. The number of primary amides is 2. The van der Waals surface area contributed by atoms with Gasteiger partial charge in [0.15, 0.2) is 11.6 Å². The summed E-state index contributed by atoms with van der Waals surface area (Å²) in [5.74, 6) is -1.23. The SMILES string of the molecule is CC.CC(C)c1cc(-c2nnc(C(N)=O)n2C2CCNCC2)c(O)cc1O.COc1ccc(-n2c(C(N)=O)nnc2-c2cc(C(C)C)c(F)cc2O)cc1. The summed E-state index contributed by atoms with van der Waals surface area (Å²) in [5, 5.41) is 49.9. The zero-order chi connectivity index (χ0) is 39.9. The lowest BCUT2D eigenvalue weighted by molar-refractivity contribution is 0.0976. The van der Waals surface area contributed by atoms with Crippen LogP contribution in [0.5, 0.6) is 23.0 Å². The Bertz CT molecular complexity index is 2090. The minimum Gasteiger partial charge on any atom is -0.508 e. The number of carbonyl (C=O) groups excluding carboxylic acids is 2. The summed E-state index contributed by atoms with van der Waals surface area (Å²) in [5.41, 5.74) is 13.2. The fourth-order valence-electron chi connectivity index (χ4n) is 6.08. The molecule has 1 fully saturated rings. The van der Waals surface area contributed by atoms with Gasteiger partial charge >= 0.3 is 0 Å². The highest BCUT2D eigenvalue weighted by Crippen LogP contribution is 2.39. The highest BCUT2D eigenvalue weighted by atomic mass is 19.1. The number of carbonyl (C=O) groups is 2. The predicted octanol–water partition coefficient (Wildman–Crippen LogP) is 5.54. The van der Waals surface area contributed by atoms with Crippen LogP contribution in [-0.4, -0.2) is 76.9 Å². The molecule has 2 aromatic heterocycles. The molecule has 3 aromatic carbocycles. The van der Waals surface area contributed by atoms with E-state index in [-0.39, 0.29) is 58.2 Å². The van der Waals surface area contributed by atoms with Gasteiger partial charge in [-0.25, -0.2) is 4.39 Å². The first kappa shape index (κ1) is 40.7. The van der Waals surface area contributed by atoms with Gasteiger partial charge in [-0.3, -0.25) is 18.7 Å². The number of hydrogen-bond acceptors (Lipinski definition) is 11. The number of piperidine rings is 1. The third kappa shape index (κ3) is 8.60. The standard InChI is InChI=1S/C19H19FN4O3.C17H23N5O3.C2H6/c1-10(2)13-8-14(16(25)9-15(13)20)18-22-23-19(17(21)26)24(18)11-4-6-12(27-3)7-5-11;1-9(2)11-7-12(14(24)8-13(11)23)16-20-21-17(15(18)25)22(16)10-3-5-19-6-4-10;1-2/h4-10,25H,1-3H3,(H2,21,26);7-10,19,23-24H,3-6H2,1-2H3,(H2,18,25);1-2H3. The fraction of sp³-hybridized carbons (Fsp3) is 0.368. The number of nitrogens with one attached hydrogen (secondary N) is 1. The number of aromatic hydroxyl groups is 3. The van der Waals surface area contributed by atoms with E-state index in [9.17, 15) is 29.3 Å². The fourth-order valence-corrected chi connectivity index (χ4v) is 6.08. The predicted molar refractivity (Wildman–Crippen MR) is 201 cm³/mol. The summed E-state index contributed by atoms with van der Waals surface area (Å²) >= 11 is 0. The molecule has 3 heterocycles. The van der Waals surface area contributed by atoms with Gasteiger partial charge in [0.25, 0.3) is 11.8 Å². The molecule has 0 aliphatic carbocycles. The maximum Gasteiger partial charge on any atom is 0.287 e. The van der Waals surface area contributed by atoms with Gasteiger partial charge in [-0.2, -0.15) is 0 Å². The van der Waals surface area contributed by atoms with Crippen molar-refractivity contribution in [2.75, 3.05) is 20.2 Å². The van der Waals surface area contributed by atoms with Crippen LogP contribution >= 0.6 is 0 Å². The van der Waals surface area contributed by atoms with Crippen LogP contribution in [0, 0.1) is 5.82 Å². The number of amides is 2. The van der Waals surface area contributed by atoms with Gasteiger partial charge in [-0.1, -0.05) is 41.5 Å². The number of benzene rings is 3. The van der Waals surface area contributed by atoms with E-state index in [0.29, 0.717) is 34.0 Å². The quantitative estimate of drug-likeness (QED) is 0.110. The lowest BCUT2D eigenvalue weighted by Crippen LogP contribution is -2.32. The van der Waals surface area contributed by atoms with Crippen LogP contribution in [0.2, 0.25) is 0 Å². The van der Waals surface area contributed by atoms with Gasteiger partial charge in [0.05, 0.1) is 18.2 Å². The molecule has 0 bridgehead atoms. The van der Waals surface area contributed by atoms with Crippen LogP contribution in [0.3, 0.4) is 0 Å². The van der Waals surface area contributed by atoms with Crippen molar-refractivity contribution in [3.8, 4) is 51.5 Å². The lowest BCUT2D eigenvalue weighted by Gasteiger charge is -2.26. The molecule has 0 unspecified atom stereocenters. The number of phenolic OH excluding ortho intramolecular Hbond substituents is 3. The van der Waals surface area contributed by atoms with Crippen molar-refractivity contribution in [2.45, 2.75) is 72.3 Å². The van der Waals surface area contributed by atoms with E-state index in [0.717, 1.165) is 32.0 Å². The molecule has 8 N–H and O–H groups in total. The molecule has 288 valence electrons. The first-order chi connectivity index (χ1) is 25.7. The summed E-state index contributed by atoms with van der Waals surface area (Å²) < 4.78 is 22.4. The highest BCUT2D eigenvalue weighted by molar-refractivity contribution is 5.91. The van der Waals surface area contributed by atoms with E-state index in [1.807, 2.05) is 41.5 Å². The van der Waals surface area contributed by atoms with Crippen LogP contribution in [-0.2, 0) is 0 Å². The molecule has 0 saturated carbocycles. The number of methoxy groups -OCH3 is 1. The zero-order valence-electron chi connectivity index (χ0n) is 31.5. The van der Waals surface area contributed by atoms with Crippen molar-refractivity contribution < 1.29 is 34.0 Å². The minimum atomic E-state index is -0.782. The number of halogens is 1. The van der Waals surface area contributed by atoms with Gasteiger partial charge < -0.3 is 36.8 Å². The van der Waals surface area contributed by atoms with Crippen LogP contribution in [0.1, 0.15) is 105 Å². The molecule has 54 heavy (non-hydrogen) atoms. The Hall–Kier alpha value is -6.03. The van der Waals surface area contributed by atoms with Crippen LogP contribution in [0.15, 0.2) is 48.5 Å². The summed E-state index contributed by atoms with van der Waals surface area (Å²) in [6, 6.07) is 12.3. The van der Waals surface area contributed by atoms with Gasteiger partial charge in [0.2, 0.25) is 11.6 Å². The van der Waals surface area contributed by atoms with E-state index < -0.39 is 17.6 Å². The topological polar surface area (TPSA) is 230 Å². The van der Waals surface area contributed by atoms with E-state index in [1.54, 1.807) is 34.9 Å². The molecular weight excluding hydrogens is 697 g/mol. The second kappa shape index (κ2) is 17.7. The molecular formula is C38H48FN9O6. The second-order valence-corrected chi connectivity index (χ2v) is 12.9. The van der Waals surface area contributed by atoms with Crippen LogP contribution in [0.4, 0.5) is 4.39 Å². The molecule has 2 amide bonds. The molecule has 5 aromatic rings. The van der Waals surface area contributed by atoms with Crippen molar-refractivity contribution in [2.24, 2.45) is 11.5 Å². The average Bonchev–Trinajstić information content (AvgIpc) is 3.79. The molecule has 16 heteroatoms. The maximum atomic E-state index is 14.1. The molecule has 15 nitrogen and oxygen atoms in total. The van der Waals surface area contributed by atoms with Gasteiger partial charge in [0.1, 0.15) is 28.8 Å². The van der Waals surface area contributed by atoms with Gasteiger partial charge in [-0.15, -0.1) is 20.4 Å². The third-order valence-electron chi connectivity index (χ3n) is 8.79. The zero-order valence-corrected chi connectivity index (χ0v) is 31.5. The van der Waals surface area contributed by atoms with Crippen molar-refractivity contribution in [1.29, 1.82) is 0 Å². The molecule has 1 saturated heterocycles. The monoisotopic (exact) mass is 745 g/mol. The van der Waals surface area contributed by atoms with E-state index in [2.05, 4.69) is 25.7 Å². The Balaban J connectivity index is 0.000000231. The van der Waals surface area contributed by atoms with E-state index in [4.69, 9.17) is 16.2 Å². The van der Waals surface area contributed by atoms with Crippen molar-refractivity contribution in [1.82, 2.24) is 34.8 Å². The van der Waals surface area contributed by atoms with Crippen LogP contribution < -0.4 is 21.5 Å². The lowest BCUT2D eigenvalue weighted by atomic mass is 9.98. The molecule has 0 atom stereocenters. The van der Waals surface area contributed by atoms with Crippen molar-refractivity contribution >= 4 is 11.8 Å². The summed E-state index contributed by atoms with van der Waals surface area (Å²) in [4.78, 5) is 23.6. The molecule has 0 spiro atoms. The summed E-state index contributed by atoms with van der Waals surface area (Å²) in [7, 11) is 1.54. The molecule has 6 rings (SSSR count). The molecule has 0 radical (unpaired) electrons. The van der Waals surface area contributed by atoms with Crippen molar-refractivity contribution in [3.63, 3.8) is 0 Å². The number of nitrogens with zero attached hydrogens (tertiary/aromatic N) is 6. The van der Waals surface area contributed by atoms with E-state index in [1.165, 1.54) is 23.8 Å². The molecule has 1 aliphatic rings. The Morgan fingerprint density at radius 2 is 1.30 bits per heavy atom. The Morgan fingerprint density at radius 3 is 1.85 bits per heavy atom. The number of phenols is 3. The first-order valence-corrected chi connectivity index (χ1v) is 17.7. The second-order valence-electron chi connectivity index (χ2n) is 12.9. The highest BCUT2D eigenvalue weighted by Gasteiger charge is 2.28. The number of aromatic nitrogens is 6. The minimum absolute atomic E-state index is 0.0180. The van der Waals surface area contributed by atoms with Gasteiger partial charge in [-0.05, 0) is 85.3 Å². The summed E-state index contributed by atoms with van der Waals surface area (Å²) in [6.07, 6.45) is 1.61. The molecule has 1 aliphatic heterocycles. The normalized spacial score (nSPS) is 12.9. The number of ether oxygens (including phenoxy) is 1. The number of rotatable bonds is 9. The third-order valence-corrected chi connectivity index (χ3v) is 8.79.